The lowest BCUT2D eigenvalue weighted by Gasteiger charge is -2.12. The molecular weight excluding hydrogens is 330 g/mol. The molecule has 0 unspecified atom stereocenters. The third-order valence-electron chi connectivity index (χ3n) is 3.06. The van der Waals surface area contributed by atoms with Crippen molar-refractivity contribution in [2.24, 2.45) is 0 Å². The minimum atomic E-state index is -0.895. The van der Waals surface area contributed by atoms with Crippen LogP contribution in [0.4, 0.5) is 5.13 Å². The number of carbonyl (C=O) groups is 3. The molecule has 0 spiro atoms. The van der Waals surface area contributed by atoms with Gasteiger partial charge in [0.2, 0.25) is 16.8 Å². The van der Waals surface area contributed by atoms with Gasteiger partial charge in [0.05, 0.1) is 6.42 Å². The van der Waals surface area contributed by atoms with Gasteiger partial charge < -0.3 is 10.1 Å². The Morgan fingerprint density at radius 1 is 1.17 bits per heavy atom. The number of ketones is 1. The summed E-state index contributed by atoms with van der Waals surface area (Å²) in [6, 6.07) is 8.59. The first-order valence-electron chi connectivity index (χ1n) is 7.34. The summed E-state index contributed by atoms with van der Waals surface area (Å²) < 4.78 is 5.08. The lowest BCUT2D eigenvalue weighted by molar-refractivity contribution is -0.147. The molecule has 126 valence electrons. The van der Waals surface area contributed by atoms with Gasteiger partial charge in [-0.2, -0.15) is 0 Å². The number of hydrogen-bond acceptors (Lipinski definition) is 7. The Morgan fingerprint density at radius 2 is 1.88 bits per heavy atom. The normalized spacial score (nSPS) is 11.6. The van der Waals surface area contributed by atoms with E-state index in [0.29, 0.717) is 10.7 Å². The van der Waals surface area contributed by atoms with Gasteiger partial charge in [-0.3, -0.25) is 14.4 Å². The van der Waals surface area contributed by atoms with E-state index in [1.165, 1.54) is 18.3 Å². The average Bonchev–Trinajstić information content (AvgIpc) is 2.98. The third kappa shape index (κ3) is 5.24. The van der Waals surface area contributed by atoms with Gasteiger partial charge in [0.25, 0.3) is 0 Å². The number of aryl methyl sites for hydroxylation is 1. The molecule has 0 fully saturated rings. The number of hydrogen-bond donors (Lipinski definition) is 1. The summed E-state index contributed by atoms with van der Waals surface area (Å²) in [6.45, 7) is 3.28. The summed E-state index contributed by atoms with van der Waals surface area (Å²) in [5.41, 5.74) is 0.474. The van der Waals surface area contributed by atoms with E-state index >= 15 is 0 Å². The van der Waals surface area contributed by atoms with Crippen molar-refractivity contribution in [3.8, 4) is 0 Å². The quantitative estimate of drug-likeness (QED) is 0.610. The molecule has 1 amide bonds. The molecule has 0 aliphatic rings. The maximum atomic E-state index is 12.1. The third-order valence-corrected chi connectivity index (χ3v) is 3.82. The Bertz CT molecular complexity index is 730. The van der Waals surface area contributed by atoms with Crippen molar-refractivity contribution in [2.75, 3.05) is 5.32 Å². The number of rotatable bonds is 7. The van der Waals surface area contributed by atoms with Crippen LogP contribution in [0.5, 0.6) is 0 Å². The smallest absolute Gasteiger partial charge is 0.307 e. The number of nitrogens with zero attached hydrogens (tertiary/aromatic N) is 2. The van der Waals surface area contributed by atoms with Gasteiger partial charge in [0.15, 0.2) is 6.10 Å². The van der Waals surface area contributed by atoms with E-state index in [-0.39, 0.29) is 24.5 Å². The van der Waals surface area contributed by atoms with Crippen LogP contribution in [-0.4, -0.2) is 34.0 Å². The van der Waals surface area contributed by atoms with Gasteiger partial charge in [0, 0.05) is 12.0 Å². The number of benzene rings is 1. The predicted octanol–water partition coefficient (Wildman–Crippen LogP) is 2.38. The molecule has 1 heterocycles. The van der Waals surface area contributed by atoms with Crippen LogP contribution in [0, 0.1) is 6.92 Å². The van der Waals surface area contributed by atoms with E-state index in [1.54, 1.807) is 37.3 Å². The van der Waals surface area contributed by atoms with Crippen molar-refractivity contribution in [3.05, 3.63) is 40.9 Å². The standard InChI is InChI=1S/C16H17N3O4S/c1-10(15(22)12-6-4-3-5-7-12)23-14(21)9-8-13(20)17-16-19-18-11(2)24-16/h3-7,10H,8-9H2,1-2H3,(H,17,19,20)/t10-/m1/s1. The lowest BCUT2D eigenvalue weighted by Crippen LogP contribution is -2.25. The van der Waals surface area contributed by atoms with Gasteiger partial charge in [-0.15, -0.1) is 10.2 Å². The summed E-state index contributed by atoms with van der Waals surface area (Å²) in [6.07, 6.45) is -1.06. The molecular formula is C16H17N3O4S. The zero-order valence-electron chi connectivity index (χ0n) is 13.3. The number of carbonyl (C=O) groups excluding carboxylic acids is 3. The van der Waals surface area contributed by atoms with Crippen molar-refractivity contribution in [1.29, 1.82) is 0 Å². The van der Waals surface area contributed by atoms with Crippen LogP contribution in [0.2, 0.25) is 0 Å². The van der Waals surface area contributed by atoms with Crippen molar-refractivity contribution >= 4 is 34.1 Å². The molecule has 0 aliphatic carbocycles. The van der Waals surface area contributed by atoms with Gasteiger partial charge in [0.1, 0.15) is 5.01 Å². The fraction of sp³-hybridized carbons (Fsp3) is 0.312. The molecule has 2 aromatic rings. The average molecular weight is 347 g/mol. The molecule has 1 aromatic heterocycles. The Balaban J connectivity index is 1.76. The number of nitrogens with one attached hydrogen (secondary N) is 1. The molecule has 1 N–H and O–H groups in total. The summed E-state index contributed by atoms with van der Waals surface area (Å²) >= 11 is 1.25. The van der Waals surface area contributed by atoms with E-state index in [9.17, 15) is 14.4 Å². The monoisotopic (exact) mass is 347 g/mol. The first-order chi connectivity index (χ1) is 11.5. The van der Waals surface area contributed by atoms with Crippen molar-refractivity contribution in [3.63, 3.8) is 0 Å². The number of esters is 1. The maximum absolute atomic E-state index is 12.1. The second-order valence-electron chi connectivity index (χ2n) is 5.04. The number of amides is 1. The van der Waals surface area contributed by atoms with Crippen LogP contribution in [0.3, 0.4) is 0 Å². The van der Waals surface area contributed by atoms with Crippen molar-refractivity contribution in [1.82, 2.24) is 10.2 Å². The molecule has 0 aliphatic heterocycles. The highest BCUT2D eigenvalue weighted by Gasteiger charge is 2.19. The molecule has 7 nitrogen and oxygen atoms in total. The van der Waals surface area contributed by atoms with Gasteiger partial charge in [-0.25, -0.2) is 0 Å². The van der Waals surface area contributed by atoms with Crippen LogP contribution in [-0.2, 0) is 14.3 Å². The predicted molar refractivity (Wildman–Crippen MR) is 88.8 cm³/mol. The molecule has 0 saturated carbocycles. The van der Waals surface area contributed by atoms with Gasteiger partial charge in [-0.1, -0.05) is 41.7 Å². The molecule has 0 radical (unpaired) electrons. The highest BCUT2D eigenvalue weighted by atomic mass is 32.1. The SMILES string of the molecule is Cc1nnc(NC(=O)CCC(=O)O[C@H](C)C(=O)c2ccccc2)s1. The molecule has 0 saturated heterocycles. The first-order valence-corrected chi connectivity index (χ1v) is 8.16. The van der Waals surface area contributed by atoms with E-state index in [2.05, 4.69) is 15.5 Å². The summed E-state index contributed by atoms with van der Waals surface area (Å²) in [5.74, 6) is -1.24. The minimum absolute atomic E-state index is 0.0519. The van der Waals surface area contributed by atoms with E-state index < -0.39 is 12.1 Å². The highest BCUT2D eigenvalue weighted by molar-refractivity contribution is 7.15. The zero-order chi connectivity index (χ0) is 17.5. The maximum Gasteiger partial charge on any atom is 0.307 e. The van der Waals surface area contributed by atoms with Crippen molar-refractivity contribution < 1.29 is 19.1 Å². The Morgan fingerprint density at radius 3 is 2.50 bits per heavy atom. The van der Waals surface area contributed by atoms with Crippen molar-refractivity contribution in [2.45, 2.75) is 32.8 Å². The minimum Gasteiger partial charge on any atom is -0.454 e. The van der Waals surface area contributed by atoms with Crippen LogP contribution in [0.25, 0.3) is 0 Å². The Hall–Kier alpha value is -2.61. The fourth-order valence-corrected chi connectivity index (χ4v) is 2.50. The largest absolute Gasteiger partial charge is 0.454 e. The van der Waals surface area contributed by atoms with Crippen LogP contribution < -0.4 is 5.32 Å². The summed E-state index contributed by atoms with van der Waals surface area (Å²) in [4.78, 5) is 35.6. The highest BCUT2D eigenvalue weighted by Crippen LogP contribution is 2.14. The van der Waals surface area contributed by atoms with Crippen LogP contribution in [0.15, 0.2) is 30.3 Å². The molecule has 1 aromatic carbocycles. The Kier molecular flexibility index (Phi) is 6.14. The number of Topliss-reactive ketones (excluding diaryl/α,β-unsaturated/α-hetero) is 1. The van der Waals surface area contributed by atoms with E-state index in [4.69, 9.17) is 4.74 Å². The van der Waals surface area contributed by atoms with Gasteiger partial charge in [-0.05, 0) is 13.8 Å². The lowest BCUT2D eigenvalue weighted by atomic mass is 10.1. The van der Waals surface area contributed by atoms with Gasteiger partial charge >= 0.3 is 5.97 Å². The van der Waals surface area contributed by atoms with Crippen LogP contribution >= 0.6 is 11.3 Å². The zero-order valence-corrected chi connectivity index (χ0v) is 14.1. The van der Waals surface area contributed by atoms with Crippen LogP contribution in [0.1, 0.15) is 35.1 Å². The second-order valence-corrected chi connectivity index (χ2v) is 6.22. The molecule has 2 rings (SSSR count). The number of ether oxygens (including phenoxy) is 1. The second kappa shape index (κ2) is 8.30. The molecule has 8 heteroatoms. The van der Waals surface area contributed by atoms with E-state index in [1.807, 2.05) is 0 Å². The number of anilines is 1. The topological polar surface area (TPSA) is 98.2 Å². The first kappa shape index (κ1) is 17.7. The molecule has 1 atom stereocenters. The molecule has 24 heavy (non-hydrogen) atoms. The van der Waals surface area contributed by atoms with E-state index in [0.717, 1.165) is 5.01 Å². The molecule has 0 bridgehead atoms. The summed E-state index contributed by atoms with van der Waals surface area (Å²) in [5, 5.41) is 11.2. The number of aromatic nitrogens is 2. The summed E-state index contributed by atoms with van der Waals surface area (Å²) in [7, 11) is 0. The fourth-order valence-electron chi connectivity index (χ4n) is 1.89. The Labute approximate surface area is 143 Å².